The maximum Gasteiger partial charge on any atom is 0.309 e. The number of benzene rings is 3. The van der Waals surface area contributed by atoms with Gasteiger partial charge in [0.2, 0.25) is 11.8 Å². The molecule has 3 aromatic carbocycles. The number of aliphatic hydroxyl groups is 1. The van der Waals surface area contributed by atoms with E-state index in [1.165, 1.54) is 6.08 Å². The second-order valence-corrected chi connectivity index (χ2v) is 10.8. The number of hydrogen-bond donors (Lipinski definition) is 4. The highest BCUT2D eigenvalue weighted by Crippen LogP contribution is 2.20. The van der Waals surface area contributed by atoms with Crippen molar-refractivity contribution in [1.29, 1.82) is 0 Å². The first-order valence-electron chi connectivity index (χ1n) is 15.3. The van der Waals surface area contributed by atoms with Gasteiger partial charge in [0.25, 0.3) is 5.91 Å². The molecule has 0 heterocycles. The standard InChI is InChI=1S/C36H43N3O7/c1-3-10-29(24-33(41)37-18-20-45-21-19-40)34(42)39-32(35(43)38-31-17-16-27-14-8-9-15-28(27)23-31)25-46-36(44)30(11-4-2)22-26-12-6-5-7-13-26/h3-9,12-17,23,29-30,32,40H,1-2,10-11,18-22,24-25H2,(H,37,41)(H,38,43)(H,39,42)/t29-,30-,32-/m0/s1. The van der Waals surface area contributed by atoms with E-state index in [4.69, 9.17) is 14.6 Å². The summed E-state index contributed by atoms with van der Waals surface area (Å²) in [5, 5.41) is 18.9. The molecule has 10 nitrogen and oxygen atoms in total. The Labute approximate surface area is 269 Å². The highest BCUT2D eigenvalue weighted by molar-refractivity contribution is 5.99. The average Bonchev–Trinajstić information content (AvgIpc) is 3.06. The van der Waals surface area contributed by atoms with Crippen molar-refractivity contribution in [3.8, 4) is 0 Å². The molecular formula is C36H43N3O7. The number of aliphatic hydroxyl groups excluding tert-OH is 1. The Morgan fingerprint density at radius 2 is 1.52 bits per heavy atom. The van der Waals surface area contributed by atoms with Gasteiger partial charge in [-0.1, -0.05) is 72.8 Å². The van der Waals surface area contributed by atoms with E-state index in [-0.39, 0.29) is 45.1 Å². The minimum atomic E-state index is -1.24. The van der Waals surface area contributed by atoms with E-state index >= 15 is 0 Å². The largest absolute Gasteiger partial charge is 0.463 e. The van der Waals surface area contributed by atoms with Crippen LogP contribution in [0.5, 0.6) is 0 Å². The molecule has 4 N–H and O–H groups in total. The molecule has 0 saturated carbocycles. The molecule has 3 aromatic rings. The Hall–Kier alpha value is -4.80. The molecule has 0 fully saturated rings. The second-order valence-electron chi connectivity index (χ2n) is 10.8. The third kappa shape index (κ3) is 11.9. The fourth-order valence-corrected chi connectivity index (χ4v) is 4.82. The average molecular weight is 630 g/mol. The predicted octanol–water partition coefficient (Wildman–Crippen LogP) is 3.95. The zero-order valence-corrected chi connectivity index (χ0v) is 26.0. The lowest BCUT2D eigenvalue weighted by Crippen LogP contribution is -2.49. The zero-order chi connectivity index (χ0) is 33.1. The van der Waals surface area contributed by atoms with Gasteiger partial charge in [0.15, 0.2) is 0 Å². The van der Waals surface area contributed by atoms with Crippen LogP contribution in [0.2, 0.25) is 0 Å². The van der Waals surface area contributed by atoms with Gasteiger partial charge in [0, 0.05) is 18.7 Å². The number of amides is 3. The summed E-state index contributed by atoms with van der Waals surface area (Å²) in [6.45, 7) is 7.50. The fraction of sp³-hybridized carbons (Fsp3) is 0.333. The molecule has 0 aliphatic carbocycles. The number of ether oxygens (including phenoxy) is 2. The van der Waals surface area contributed by atoms with E-state index in [1.807, 2.05) is 66.7 Å². The van der Waals surface area contributed by atoms with Crippen LogP contribution in [-0.2, 0) is 35.1 Å². The highest BCUT2D eigenvalue weighted by Gasteiger charge is 2.29. The number of carbonyl (C=O) groups is 4. The number of rotatable bonds is 20. The van der Waals surface area contributed by atoms with Crippen molar-refractivity contribution >= 4 is 40.2 Å². The lowest BCUT2D eigenvalue weighted by Gasteiger charge is -2.23. The molecule has 0 unspecified atom stereocenters. The van der Waals surface area contributed by atoms with Gasteiger partial charge in [-0.2, -0.15) is 0 Å². The Bertz CT molecular complexity index is 1460. The zero-order valence-electron chi connectivity index (χ0n) is 26.0. The van der Waals surface area contributed by atoms with E-state index in [0.717, 1.165) is 16.3 Å². The minimum Gasteiger partial charge on any atom is -0.463 e. The molecule has 0 aliphatic heterocycles. The summed E-state index contributed by atoms with van der Waals surface area (Å²) in [7, 11) is 0. The molecule has 0 spiro atoms. The van der Waals surface area contributed by atoms with Gasteiger partial charge in [-0.3, -0.25) is 19.2 Å². The number of allylic oxidation sites excluding steroid dienone is 2. The van der Waals surface area contributed by atoms with E-state index in [9.17, 15) is 19.2 Å². The van der Waals surface area contributed by atoms with Crippen LogP contribution < -0.4 is 16.0 Å². The van der Waals surface area contributed by atoms with Crippen LogP contribution in [0, 0.1) is 11.8 Å². The molecule has 0 radical (unpaired) electrons. The third-order valence-corrected chi connectivity index (χ3v) is 7.21. The van der Waals surface area contributed by atoms with Gasteiger partial charge in [-0.25, -0.2) is 0 Å². The van der Waals surface area contributed by atoms with E-state index < -0.39 is 42.3 Å². The van der Waals surface area contributed by atoms with Crippen LogP contribution in [0.1, 0.15) is 24.8 Å². The van der Waals surface area contributed by atoms with Gasteiger partial charge in [0.05, 0.1) is 31.7 Å². The van der Waals surface area contributed by atoms with Crippen LogP contribution in [0.25, 0.3) is 10.8 Å². The van der Waals surface area contributed by atoms with Gasteiger partial charge in [-0.05, 0) is 47.7 Å². The summed E-state index contributed by atoms with van der Waals surface area (Å²) >= 11 is 0. The van der Waals surface area contributed by atoms with Gasteiger partial charge in [-0.15, -0.1) is 13.2 Å². The first-order chi connectivity index (χ1) is 22.3. The van der Waals surface area contributed by atoms with Crippen molar-refractivity contribution in [2.75, 3.05) is 38.3 Å². The van der Waals surface area contributed by atoms with Crippen LogP contribution in [0.3, 0.4) is 0 Å². The van der Waals surface area contributed by atoms with Crippen LogP contribution in [-0.4, -0.2) is 67.8 Å². The minimum absolute atomic E-state index is 0.123. The van der Waals surface area contributed by atoms with Crippen molar-refractivity contribution in [3.63, 3.8) is 0 Å². The third-order valence-electron chi connectivity index (χ3n) is 7.21. The summed E-state index contributed by atoms with van der Waals surface area (Å²) in [6.07, 6.45) is 3.98. The monoisotopic (exact) mass is 629 g/mol. The topological polar surface area (TPSA) is 143 Å². The maximum atomic E-state index is 13.5. The Kier molecular flexibility index (Phi) is 15.2. The van der Waals surface area contributed by atoms with Crippen LogP contribution >= 0.6 is 0 Å². The number of fused-ring (bicyclic) bond motifs is 1. The summed E-state index contributed by atoms with van der Waals surface area (Å²) < 4.78 is 10.8. The van der Waals surface area contributed by atoms with Crippen molar-refractivity contribution in [3.05, 3.63) is 104 Å². The van der Waals surface area contributed by atoms with Gasteiger partial charge in [0.1, 0.15) is 12.6 Å². The Balaban J connectivity index is 1.73. The SMILES string of the molecule is C=CC[C@@H](CC(=O)NCCOCCO)C(=O)N[C@@H](COC(=O)[C@@H](CC=C)Cc1ccccc1)C(=O)Nc1ccc2ccccc2c1. The molecule has 3 amide bonds. The van der Waals surface area contributed by atoms with Crippen molar-refractivity contribution in [2.24, 2.45) is 11.8 Å². The van der Waals surface area contributed by atoms with Gasteiger partial charge < -0.3 is 30.5 Å². The number of anilines is 1. The molecule has 0 bridgehead atoms. The van der Waals surface area contributed by atoms with Crippen LogP contribution in [0.15, 0.2) is 98.1 Å². The fourth-order valence-electron chi connectivity index (χ4n) is 4.82. The molecular weight excluding hydrogens is 586 g/mol. The first-order valence-corrected chi connectivity index (χ1v) is 15.3. The number of carbonyl (C=O) groups excluding carboxylic acids is 4. The molecule has 3 atom stereocenters. The van der Waals surface area contributed by atoms with Crippen molar-refractivity contribution in [1.82, 2.24) is 10.6 Å². The smallest absolute Gasteiger partial charge is 0.309 e. The lowest BCUT2D eigenvalue weighted by atomic mass is 9.96. The summed E-state index contributed by atoms with van der Waals surface area (Å²) in [4.78, 5) is 52.7. The maximum absolute atomic E-state index is 13.5. The van der Waals surface area contributed by atoms with E-state index in [0.29, 0.717) is 18.5 Å². The predicted molar refractivity (Wildman–Crippen MR) is 178 cm³/mol. The Morgan fingerprint density at radius 1 is 0.826 bits per heavy atom. The summed E-state index contributed by atoms with van der Waals surface area (Å²) in [5.41, 5.74) is 1.46. The summed E-state index contributed by atoms with van der Waals surface area (Å²) in [6, 6.07) is 21.4. The normalized spacial score (nSPS) is 12.7. The molecule has 10 heteroatoms. The quantitative estimate of drug-likeness (QED) is 0.0842. The molecule has 0 aromatic heterocycles. The molecule has 46 heavy (non-hydrogen) atoms. The first kappa shape index (κ1) is 35.7. The molecule has 3 rings (SSSR count). The summed E-state index contributed by atoms with van der Waals surface area (Å²) in [5.74, 6) is -3.40. The van der Waals surface area contributed by atoms with Crippen molar-refractivity contribution in [2.45, 2.75) is 31.7 Å². The van der Waals surface area contributed by atoms with Crippen LogP contribution in [0.4, 0.5) is 5.69 Å². The van der Waals surface area contributed by atoms with E-state index in [1.54, 1.807) is 12.1 Å². The second kappa shape index (κ2) is 19.6. The number of hydrogen-bond acceptors (Lipinski definition) is 7. The lowest BCUT2D eigenvalue weighted by molar-refractivity contribution is -0.150. The van der Waals surface area contributed by atoms with Gasteiger partial charge >= 0.3 is 5.97 Å². The van der Waals surface area contributed by atoms with Crippen molar-refractivity contribution < 1.29 is 33.8 Å². The number of esters is 1. The highest BCUT2D eigenvalue weighted by atomic mass is 16.5. The molecule has 0 saturated heterocycles. The molecule has 244 valence electrons. The molecule has 0 aliphatic rings. The number of nitrogens with one attached hydrogen (secondary N) is 3. The van der Waals surface area contributed by atoms with E-state index in [2.05, 4.69) is 29.1 Å². The Morgan fingerprint density at radius 3 is 2.24 bits per heavy atom.